The maximum absolute atomic E-state index is 12.2. The summed E-state index contributed by atoms with van der Waals surface area (Å²) in [5.41, 5.74) is 0. The van der Waals surface area contributed by atoms with Crippen LogP contribution in [0.1, 0.15) is 45.4 Å². The van der Waals surface area contributed by atoms with Gasteiger partial charge in [0.1, 0.15) is 0 Å². The number of carbonyl (C=O) groups excluding carboxylic acids is 1. The SMILES string of the molecule is CC(Cn1cc(Br)cn1)C(=O)NC1CCCCCC1. The summed E-state index contributed by atoms with van der Waals surface area (Å²) in [6.07, 6.45) is 11.0. The summed E-state index contributed by atoms with van der Waals surface area (Å²) in [7, 11) is 0. The van der Waals surface area contributed by atoms with Gasteiger partial charge in [0.25, 0.3) is 0 Å². The molecule has 106 valence electrons. The van der Waals surface area contributed by atoms with Gasteiger partial charge in [-0.05, 0) is 28.8 Å². The van der Waals surface area contributed by atoms with Crippen LogP contribution < -0.4 is 5.32 Å². The van der Waals surface area contributed by atoms with Crippen LogP contribution >= 0.6 is 15.9 Å². The molecule has 1 heterocycles. The Labute approximate surface area is 123 Å². The number of amides is 1. The molecular weight excluding hydrogens is 306 g/mol. The molecule has 1 aromatic rings. The summed E-state index contributed by atoms with van der Waals surface area (Å²) in [4.78, 5) is 12.2. The third-order valence-corrected chi connectivity index (χ3v) is 4.12. The highest BCUT2D eigenvalue weighted by atomic mass is 79.9. The Kier molecular flexibility index (Phi) is 5.43. The van der Waals surface area contributed by atoms with Crippen molar-refractivity contribution in [1.29, 1.82) is 0 Å². The molecule has 0 aliphatic heterocycles. The maximum Gasteiger partial charge on any atom is 0.224 e. The molecule has 1 unspecified atom stereocenters. The van der Waals surface area contributed by atoms with Gasteiger partial charge in [-0.1, -0.05) is 32.6 Å². The van der Waals surface area contributed by atoms with Crippen molar-refractivity contribution < 1.29 is 4.79 Å². The van der Waals surface area contributed by atoms with Gasteiger partial charge < -0.3 is 5.32 Å². The summed E-state index contributed by atoms with van der Waals surface area (Å²) in [5, 5.41) is 7.38. The molecule has 4 nitrogen and oxygen atoms in total. The molecular formula is C14H22BrN3O. The van der Waals surface area contributed by atoms with Crippen LogP contribution in [0.15, 0.2) is 16.9 Å². The molecule has 1 aromatic heterocycles. The van der Waals surface area contributed by atoms with Gasteiger partial charge in [-0.15, -0.1) is 0 Å². The number of carbonyl (C=O) groups is 1. The van der Waals surface area contributed by atoms with Crippen LogP contribution in [0.3, 0.4) is 0 Å². The van der Waals surface area contributed by atoms with E-state index >= 15 is 0 Å². The first kappa shape index (κ1) is 14.6. The molecule has 1 saturated carbocycles. The lowest BCUT2D eigenvalue weighted by Crippen LogP contribution is -2.39. The highest BCUT2D eigenvalue weighted by molar-refractivity contribution is 9.10. The largest absolute Gasteiger partial charge is 0.353 e. The predicted octanol–water partition coefficient (Wildman–Crippen LogP) is 3.12. The van der Waals surface area contributed by atoms with E-state index in [9.17, 15) is 4.79 Å². The van der Waals surface area contributed by atoms with Crippen molar-refractivity contribution in [2.24, 2.45) is 5.92 Å². The van der Waals surface area contributed by atoms with Gasteiger partial charge in [-0.25, -0.2) is 0 Å². The van der Waals surface area contributed by atoms with Gasteiger partial charge in [0, 0.05) is 12.2 Å². The van der Waals surface area contributed by atoms with Crippen LogP contribution in [0.5, 0.6) is 0 Å². The van der Waals surface area contributed by atoms with Gasteiger partial charge in [0.2, 0.25) is 5.91 Å². The first-order valence-corrected chi connectivity index (χ1v) is 7.93. The molecule has 0 spiro atoms. The van der Waals surface area contributed by atoms with Crippen LogP contribution in [-0.4, -0.2) is 21.7 Å². The van der Waals surface area contributed by atoms with E-state index in [-0.39, 0.29) is 11.8 Å². The zero-order valence-corrected chi connectivity index (χ0v) is 13.0. The molecule has 1 N–H and O–H groups in total. The van der Waals surface area contributed by atoms with Crippen LogP contribution in [0.4, 0.5) is 0 Å². The van der Waals surface area contributed by atoms with Gasteiger partial charge >= 0.3 is 0 Å². The number of hydrogen-bond donors (Lipinski definition) is 1. The molecule has 1 amide bonds. The lowest BCUT2D eigenvalue weighted by molar-refractivity contribution is -0.125. The average Bonchev–Trinajstić information content (AvgIpc) is 2.64. The minimum atomic E-state index is -0.0462. The Bertz CT molecular complexity index is 411. The molecule has 1 aliphatic carbocycles. The third-order valence-electron chi connectivity index (χ3n) is 3.71. The third kappa shape index (κ3) is 4.64. The van der Waals surface area contributed by atoms with E-state index in [1.807, 2.05) is 13.1 Å². The van der Waals surface area contributed by atoms with Gasteiger partial charge in [0.05, 0.1) is 23.1 Å². The minimum absolute atomic E-state index is 0.0462. The smallest absolute Gasteiger partial charge is 0.224 e. The van der Waals surface area contributed by atoms with E-state index in [1.54, 1.807) is 10.9 Å². The van der Waals surface area contributed by atoms with Crippen LogP contribution in [0, 0.1) is 5.92 Å². The maximum atomic E-state index is 12.2. The number of rotatable bonds is 4. The number of nitrogens with one attached hydrogen (secondary N) is 1. The standard InChI is InChI=1S/C14H22BrN3O/c1-11(9-18-10-12(15)8-16-18)14(19)17-13-6-4-2-3-5-7-13/h8,10-11,13H,2-7,9H2,1H3,(H,17,19). The summed E-state index contributed by atoms with van der Waals surface area (Å²) in [6.45, 7) is 2.59. The van der Waals surface area contributed by atoms with Gasteiger partial charge in [0.15, 0.2) is 0 Å². The topological polar surface area (TPSA) is 46.9 Å². The van der Waals surface area contributed by atoms with Crippen molar-refractivity contribution in [2.45, 2.75) is 58.0 Å². The Morgan fingerprint density at radius 3 is 2.74 bits per heavy atom. The van der Waals surface area contributed by atoms with Crippen molar-refractivity contribution in [2.75, 3.05) is 0 Å². The summed E-state index contributed by atoms with van der Waals surface area (Å²) in [5.74, 6) is 0.105. The molecule has 1 atom stereocenters. The van der Waals surface area contributed by atoms with E-state index in [2.05, 4.69) is 26.3 Å². The second-order valence-corrected chi connectivity index (χ2v) is 6.39. The monoisotopic (exact) mass is 327 g/mol. The van der Waals surface area contributed by atoms with Crippen molar-refractivity contribution in [3.8, 4) is 0 Å². The number of nitrogens with zero attached hydrogens (tertiary/aromatic N) is 2. The number of halogens is 1. The summed E-state index contributed by atoms with van der Waals surface area (Å²) >= 11 is 3.36. The Morgan fingerprint density at radius 2 is 2.16 bits per heavy atom. The van der Waals surface area contributed by atoms with E-state index in [0.717, 1.165) is 17.3 Å². The highest BCUT2D eigenvalue weighted by Crippen LogP contribution is 2.17. The van der Waals surface area contributed by atoms with Crippen LogP contribution in [-0.2, 0) is 11.3 Å². The Hall–Kier alpha value is -0.840. The van der Waals surface area contributed by atoms with E-state index < -0.39 is 0 Å². The van der Waals surface area contributed by atoms with Crippen molar-refractivity contribution in [1.82, 2.24) is 15.1 Å². The molecule has 1 fully saturated rings. The molecule has 0 bridgehead atoms. The van der Waals surface area contributed by atoms with Crippen molar-refractivity contribution in [3.63, 3.8) is 0 Å². The minimum Gasteiger partial charge on any atom is -0.353 e. The van der Waals surface area contributed by atoms with E-state index in [0.29, 0.717) is 12.6 Å². The van der Waals surface area contributed by atoms with E-state index in [1.165, 1.54) is 25.7 Å². The van der Waals surface area contributed by atoms with Gasteiger partial charge in [-0.2, -0.15) is 5.10 Å². The molecule has 0 radical (unpaired) electrons. The predicted molar refractivity (Wildman–Crippen MR) is 78.7 cm³/mol. The molecule has 0 saturated heterocycles. The molecule has 1 aliphatic rings. The van der Waals surface area contributed by atoms with E-state index in [4.69, 9.17) is 0 Å². The van der Waals surface area contributed by atoms with Crippen LogP contribution in [0.2, 0.25) is 0 Å². The lowest BCUT2D eigenvalue weighted by atomic mass is 10.1. The average molecular weight is 328 g/mol. The second kappa shape index (κ2) is 7.08. The number of aromatic nitrogens is 2. The normalized spacial score (nSPS) is 18.8. The lowest BCUT2D eigenvalue weighted by Gasteiger charge is -2.19. The Balaban J connectivity index is 1.81. The zero-order chi connectivity index (χ0) is 13.7. The Morgan fingerprint density at radius 1 is 1.47 bits per heavy atom. The first-order valence-electron chi connectivity index (χ1n) is 7.13. The molecule has 2 rings (SSSR count). The first-order chi connectivity index (χ1) is 9.15. The summed E-state index contributed by atoms with van der Waals surface area (Å²) in [6, 6.07) is 0.377. The van der Waals surface area contributed by atoms with Crippen molar-refractivity contribution >= 4 is 21.8 Å². The van der Waals surface area contributed by atoms with Crippen molar-refractivity contribution in [3.05, 3.63) is 16.9 Å². The molecule has 19 heavy (non-hydrogen) atoms. The second-order valence-electron chi connectivity index (χ2n) is 5.48. The molecule has 5 heteroatoms. The highest BCUT2D eigenvalue weighted by Gasteiger charge is 2.19. The van der Waals surface area contributed by atoms with Crippen LogP contribution in [0.25, 0.3) is 0 Å². The fourth-order valence-electron chi connectivity index (χ4n) is 2.57. The quantitative estimate of drug-likeness (QED) is 0.863. The molecule has 0 aromatic carbocycles. The van der Waals surface area contributed by atoms with Gasteiger partial charge in [-0.3, -0.25) is 9.48 Å². The fourth-order valence-corrected chi connectivity index (χ4v) is 2.90. The number of hydrogen-bond acceptors (Lipinski definition) is 2. The fraction of sp³-hybridized carbons (Fsp3) is 0.714. The summed E-state index contributed by atoms with van der Waals surface area (Å²) < 4.78 is 2.76. The zero-order valence-electron chi connectivity index (χ0n) is 11.4.